The summed E-state index contributed by atoms with van der Waals surface area (Å²) in [5, 5.41) is 18.0. The number of aliphatic carboxylic acids is 2. The normalized spacial score (nSPS) is 22.3. The second kappa shape index (κ2) is 7.87. The number of alkyl halides is 2. The van der Waals surface area contributed by atoms with Crippen LogP contribution in [0.3, 0.4) is 0 Å². The summed E-state index contributed by atoms with van der Waals surface area (Å²) in [7, 11) is 0. The first kappa shape index (κ1) is 17.3. The lowest BCUT2D eigenvalue weighted by molar-refractivity contribution is -0.159. The van der Waals surface area contributed by atoms with Crippen molar-refractivity contribution < 1.29 is 38.1 Å². The summed E-state index contributed by atoms with van der Waals surface area (Å²) < 4.78 is 28.2. The van der Waals surface area contributed by atoms with Gasteiger partial charge in [-0.3, -0.25) is 14.4 Å². The van der Waals surface area contributed by atoms with Crippen molar-refractivity contribution in [2.24, 2.45) is 11.8 Å². The first-order valence-electron chi connectivity index (χ1n) is 6.42. The number of hydrogen-bond donors (Lipinski definition) is 2. The van der Waals surface area contributed by atoms with Crippen molar-refractivity contribution in [3.8, 4) is 0 Å². The zero-order valence-corrected chi connectivity index (χ0v) is 11.2. The van der Waals surface area contributed by atoms with Gasteiger partial charge >= 0.3 is 11.9 Å². The molecule has 9 heteroatoms. The van der Waals surface area contributed by atoms with Crippen LogP contribution >= 0.6 is 0 Å². The Kier molecular flexibility index (Phi) is 6.47. The van der Waals surface area contributed by atoms with Crippen LogP contribution in [0.15, 0.2) is 0 Å². The number of carboxylic acid groups (broad SMARTS) is 2. The van der Waals surface area contributed by atoms with Gasteiger partial charge in [0.05, 0.1) is 24.9 Å². The molecule has 1 fully saturated rings. The molecule has 0 radical (unpaired) electrons. The van der Waals surface area contributed by atoms with Gasteiger partial charge in [-0.15, -0.1) is 0 Å². The van der Waals surface area contributed by atoms with Crippen LogP contribution in [0.4, 0.5) is 8.78 Å². The molecule has 0 aromatic heterocycles. The quantitative estimate of drug-likeness (QED) is 0.655. The molecule has 1 heterocycles. The Hall–Kier alpha value is -1.77. The van der Waals surface area contributed by atoms with Crippen LogP contribution in [0, 0.1) is 11.8 Å². The summed E-state index contributed by atoms with van der Waals surface area (Å²) in [4.78, 5) is 35.1. The van der Waals surface area contributed by atoms with Crippen LogP contribution < -0.4 is 0 Å². The fourth-order valence-electron chi connectivity index (χ4n) is 2.21. The Morgan fingerprint density at radius 1 is 1.19 bits per heavy atom. The van der Waals surface area contributed by atoms with E-state index in [1.54, 1.807) is 0 Å². The number of amides is 1. The van der Waals surface area contributed by atoms with Crippen LogP contribution in [0.5, 0.6) is 0 Å². The fourth-order valence-corrected chi connectivity index (χ4v) is 2.21. The van der Waals surface area contributed by atoms with Crippen molar-refractivity contribution in [2.45, 2.75) is 19.3 Å². The molecule has 0 aliphatic carbocycles. The van der Waals surface area contributed by atoms with E-state index in [2.05, 4.69) is 4.74 Å². The molecule has 1 amide bonds. The number of carboxylic acids is 2. The van der Waals surface area contributed by atoms with Gasteiger partial charge in [-0.05, 0) is 6.42 Å². The SMILES string of the molecule is O=C(O)C1CCN(C(=O)CCOCC(F)F)CC1C(=O)O. The van der Waals surface area contributed by atoms with E-state index in [9.17, 15) is 23.2 Å². The third kappa shape index (κ3) is 5.25. The van der Waals surface area contributed by atoms with Crippen molar-refractivity contribution in [1.29, 1.82) is 0 Å². The molecule has 1 aliphatic rings. The summed E-state index contributed by atoms with van der Waals surface area (Å²) >= 11 is 0. The molecule has 0 spiro atoms. The van der Waals surface area contributed by atoms with E-state index in [0.717, 1.165) is 0 Å². The minimum absolute atomic E-state index is 0.0515. The average Bonchev–Trinajstić information content (AvgIpc) is 2.42. The van der Waals surface area contributed by atoms with Crippen molar-refractivity contribution in [2.75, 3.05) is 26.3 Å². The third-order valence-corrected chi connectivity index (χ3v) is 3.30. The minimum Gasteiger partial charge on any atom is -0.481 e. The Morgan fingerprint density at radius 3 is 2.33 bits per heavy atom. The lowest BCUT2D eigenvalue weighted by Gasteiger charge is -2.34. The lowest BCUT2D eigenvalue weighted by Crippen LogP contribution is -2.48. The second-order valence-electron chi connectivity index (χ2n) is 4.73. The monoisotopic (exact) mass is 309 g/mol. The molecular formula is C12H17F2NO6. The first-order valence-corrected chi connectivity index (χ1v) is 6.42. The number of carbonyl (C=O) groups is 3. The molecule has 2 atom stereocenters. The maximum atomic E-state index is 11.8. The highest BCUT2D eigenvalue weighted by molar-refractivity contribution is 5.82. The Labute approximate surface area is 119 Å². The number of likely N-dealkylation sites (tertiary alicyclic amines) is 1. The third-order valence-electron chi connectivity index (χ3n) is 3.30. The highest BCUT2D eigenvalue weighted by atomic mass is 19.3. The Bertz CT molecular complexity index is 403. The number of rotatable bonds is 7. The average molecular weight is 309 g/mol. The fraction of sp³-hybridized carbons (Fsp3) is 0.750. The zero-order chi connectivity index (χ0) is 16.0. The number of halogens is 2. The standard InChI is InChI=1S/C12H17F2NO6/c13-9(14)6-21-4-2-10(16)15-3-1-7(11(17)18)8(5-15)12(19)20/h7-9H,1-6H2,(H,17,18)(H,19,20). The molecule has 1 aliphatic heterocycles. The van der Waals surface area contributed by atoms with E-state index in [1.165, 1.54) is 4.90 Å². The Morgan fingerprint density at radius 2 is 1.81 bits per heavy atom. The van der Waals surface area contributed by atoms with Gasteiger partial charge in [0.2, 0.25) is 5.91 Å². The number of ether oxygens (including phenoxy) is 1. The molecular weight excluding hydrogens is 292 g/mol. The number of carbonyl (C=O) groups excluding carboxylic acids is 1. The van der Waals surface area contributed by atoms with Crippen LogP contribution in [-0.4, -0.2) is 65.7 Å². The van der Waals surface area contributed by atoms with Crippen molar-refractivity contribution in [1.82, 2.24) is 4.90 Å². The van der Waals surface area contributed by atoms with E-state index in [4.69, 9.17) is 10.2 Å². The highest BCUT2D eigenvalue weighted by Gasteiger charge is 2.39. The van der Waals surface area contributed by atoms with E-state index in [-0.39, 0.29) is 32.5 Å². The van der Waals surface area contributed by atoms with Crippen LogP contribution in [-0.2, 0) is 19.1 Å². The highest BCUT2D eigenvalue weighted by Crippen LogP contribution is 2.24. The van der Waals surface area contributed by atoms with Crippen LogP contribution in [0.25, 0.3) is 0 Å². The predicted octanol–water partition coefficient (Wildman–Crippen LogP) is 0.292. The molecule has 2 unspecified atom stereocenters. The minimum atomic E-state index is -2.61. The Balaban J connectivity index is 2.48. The van der Waals surface area contributed by atoms with Gasteiger partial charge in [0, 0.05) is 13.1 Å². The van der Waals surface area contributed by atoms with E-state index in [1.807, 2.05) is 0 Å². The van der Waals surface area contributed by atoms with Crippen LogP contribution in [0.2, 0.25) is 0 Å². The molecule has 120 valence electrons. The zero-order valence-electron chi connectivity index (χ0n) is 11.2. The van der Waals surface area contributed by atoms with E-state index >= 15 is 0 Å². The summed E-state index contributed by atoms with van der Waals surface area (Å²) in [6.07, 6.45) is -2.70. The molecule has 2 N–H and O–H groups in total. The number of hydrogen-bond acceptors (Lipinski definition) is 4. The number of piperidine rings is 1. The molecule has 0 aromatic carbocycles. The number of nitrogens with zero attached hydrogens (tertiary/aromatic N) is 1. The molecule has 7 nitrogen and oxygen atoms in total. The van der Waals surface area contributed by atoms with Gasteiger partial charge in [0.1, 0.15) is 6.61 Å². The van der Waals surface area contributed by atoms with Crippen molar-refractivity contribution >= 4 is 17.8 Å². The largest absolute Gasteiger partial charge is 0.481 e. The van der Waals surface area contributed by atoms with Crippen molar-refractivity contribution in [3.63, 3.8) is 0 Å². The lowest BCUT2D eigenvalue weighted by atomic mass is 9.85. The van der Waals surface area contributed by atoms with Crippen molar-refractivity contribution in [3.05, 3.63) is 0 Å². The maximum absolute atomic E-state index is 11.8. The van der Waals surface area contributed by atoms with Gasteiger partial charge < -0.3 is 19.8 Å². The van der Waals surface area contributed by atoms with E-state index < -0.39 is 42.7 Å². The van der Waals surface area contributed by atoms with Gasteiger partial charge in [-0.25, -0.2) is 8.78 Å². The summed E-state index contributed by atoms with van der Waals surface area (Å²) in [6.45, 7) is -1.000. The van der Waals surface area contributed by atoms with Gasteiger partial charge in [0.25, 0.3) is 6.43 Å². The maximum Gasteiger partial charge on any atom is 0.309 e. The topological polar surface area (TPSA) is 104 Å². The molecule has 0 saturated carbocycles. The van der Waals surface area contributed by atoms with Crippen LogP contribution in [0.1, 0.15) is 12.8 Å². The molecule has 21 heavy (non-hydrogen) atoms. The summed E-state index contributed by atoms with van der Waals surface area (Å²) in [6, 6.07) is 0. The summed E-state index contributed by atoms with van der Waals surface area (Å²) in [5.74, 6) is -5.09. The second-order valence-corrected chi connectivity index (χ2v) is 4.73. The first-order chi connectivity index (χ1) is 9.82. The smallest absolute Gasteiger partial charge is 0.309 e. The molecule has 0 aromatic rings. The van der Waals surface area contributed by atoms with Gasteiger partial charge in [-0.1, -0.05) is 0 Å². The summed E-state index contributed by atoms with van der Waals surface area (Å²) in [5.41, 5.74) is 0. The van der Waals surface area contributed by atoms with Gasteiger partial charge in [0.15, 0.2) is 0 Å². The van der Waals surface area contributed by atoms with Gasteiger partial charge in [-0.2, -0.15) is 0 Å². The molecule has 1 saturated heterocycles. The molecule has 1 rings (SSSR count). The molecule has 0 bridgehead atoms. The van der Waals surface area contributed by atoms with E-state index in [0.29, 0.717) is 0 Å². The predicted molar refractivity (Wildman–Crippen MR) is 64.9 cm³/mol.